The van der Waals surface area contributed by atoms with E-state index in [1.807, 2.05) is 0 Å². The van der Waals surface area contributed by atoms with E-state index in [0.717, 1.165) is 38.5 Å². The number of morpholine rings is 1. The average Bonchev–Trinajstić information content (AvgIpc) is 2.50. The Morgan fingerprint density at radius 1 is 1.27 bits per heavy atom. The smallest absolute Gasteiger partial charge is 0.170 e. The molecule has 0 atom stereocenters. The maximum absolute atomic E-state index is 5.44. The lowest BCUT2D eigenvalue weighted by atomic mass is 10.0. The molecule has 4 nitrogen and oxygen atoms in total. The van der Waals surface area contributed by atoms with Gasteiger partial charge in [-0.05, 0) is 57.1 Å². The highest BCUT2D eigenvalue weighted by atomic mass is 32.1. The van der Waals surface area contributed by atoms with Crippen LogP contribution in [0.1, 0.15) is 25.0 Å². The van der Waals surface area contributed by atoms with E-state index < -0.39 is 0 Å². The molecule has 22 heavy (non-hydrogen) atoms. The first-order valence-corrected chi connectivity index (χ1v) is 8.24. The Balaban J connectivity index is 1.87. The Morgan fingerprint density at radius 2 is 1.95 bits per heavy atom. The molecular formula is C17H27N3OS. The van der Waals surface area contributed by atoms with Crippen molar-refractivity contribution in [2.24, 2.45) is 0 Å². The van der Waals surface area contributed by atoms with Crippen LogP contribution < -0.4 is 10.6 Å². The molecule has 0 unspecified atom stereocenters. The largest absolute Gasteiger partial charge is 0.379 e. The monoisotopic (exact) mass is 321 g/mol. The average molecular weight is 321 g/mol. The molecule has 5 heteroatoms. The van der Waals surface area contributed by atoms with Crippen molar-refractivity contribution in [1.29, 1.82) is 0 Å². The number of hydrogen-bond donors (Lipinski definition) is 2. The quantitative estimate of drug-likeness (QED) is 0.834. The van der Waals surface area contributed by atoms with Crippen molar-refractivity contribution in [3.8, 4) is 0 Å². The fourth-order valence-corrected chi connectivity index (χ4v) is 2.80. The third-order valence-corrected chi connectivity index (χ3v) is 4.44. The number of benzene rings is 1. The van der Waals surface area contributed by atoms with E-state index >= 15 is 0 Å². The van der Waals surface area contributed by atoms with E-state index in [4.69, 9.17) is 17.0 Å². The first kappa shape index (κ1) is 17.2. The second kappa shape index (κ2) is 7.40. The van der Waals surface area contributed by atoms with Crippen LogP contribution in [-0.2, 0) is 4.74 Å². The predicted molar refractivity (Wildman–Crippen MR) is 96.6 cm³/mol. The van der Waals surface area contributed by atoms with Crippen molar-refractivity contribution in [1.82, 2.24) is 10.2 Å². The van der Waals surface area contributed by atoms with E-state index in [0.29, 0.717) is 5.11 Å². The molecule has 0 amide bonds. The van der Waals surface area contributed by atoms with Gasteiger partial charge in [0.15, 0.2) is 5.11 Å². The van der Waals surface area contributed by atoms with Crippen LogP contribution in [0.15, 0.2) is 18.2 Å². The Kier molecular flexibility index (Phi) is 5.78. The van der Waals surface area contributed by atoms with Gasteiger partial charge in [0, 0.05) is 30.9 Å². The Hall–Kier alpha value is -1.17. The van der Waals surface area contributed by atoms with Gasteiger partial charge in [0.2, 0.25) is 0 Å². The van der Waals surface area contributed by atoms with E-state index in [-0.39, 0.29) is 5.54 Å². The molecule has 1 aliphatic rings. The van der Waals surface area contributed by atoms with Crippen LogP contribution in [0.5, 0.6) is 0 Å². The number of anilines is 1. The third kappa shape index (κ3) is 4.66. The van der Waals surface area contributed by atoms with Crippen molar-refractivity contribution in [3.63, 3.8) is 0 Å². The van der Waals surface area contributed by atoms with Crippen molar-refractivity contribution in [2.75, 3.05) is 38.2 Å². The highest BCUT2D eigenvalue weighted by Crippen LogP contribution is 2.17. The van der Waals surface area contributed by atoms with Gasteiger partial charge in [-0.1, -0.05) is 12.1 Å². The van der Waals surface area contributed by atoms with Gasteiger partial charge in [-0.25, -0.2) is 0 Å². The zero-order valence-corrected chi connectivity index (χ0v) is 14.8. The van der Waals surface area contributed by atoms with E-state index in [2.05, 4.69) is 61.4 Å². The second-order valence-electron chi connectivity index (χ2n) is 6.54. The molecule has 2 N–H and O–H groups in total. The maximum Gasteiger partial charge on any atom is 0.170 e. The van der Waals surface area contributed by atoms with Gasteiger partial charge in [-0.2, -0.15) is 0 Å². The van der Waals surface area contributed by atoms with Gasteiger partial charge in [0.1, 0.15) is 0 Å². The molecule has 0 aromatic heterocycles. The lowest BCUT2D eigenvalue weighted by molar-refractivity contribution is -0.00823. The van der Waals surface area contributed by atoms with Gasteiger partial charge in [-0.15, -0.1) is 0 Å². The highest BCUT2D eigenvalue weighted by Gasteiger charge is 2.28. The van der Waals surface area contributed by atoms with Crippen molar-refractivity contribution >= 4 is 23.0 Å². The minimum atomic E-state index is 0.0527. The zero-order chi connectivity index (χ0) is 16.2. The van der Waals surface area contributed by atoms with Crippen LogP contribution in [0.3, 0.4) is 0 Å². The Morgan fingerprint density at radius 3 is 2.64 bits per heavy atom. The number of aryl methyl sites for hydroxylation is 2. The van der Waals surface area contributed by atoms with Gasteiger partial charge < -0.3 is 15.4 Å². The highest BCUT2D eigenvalue weighted by molar-refractivity contribution is 7.80. The van der Waals surface area contributed by atoms with Crippen LogP contribution in [0.4, 0.5) is 5.69 Å². The fourth-order valence-electron chi connectivity index (χ4n) is 2.61. The summed E-state index contributed by atoms with van der Waals surface area (Å²) in [7, 11) is 0. The van der Waals surface area contributed by atoms with Crippen molar-refractivity contribution in [2.45, 2.75) is 33.2 Å². The van der Waals surface area contributed by atoms with Gasteiger partial charge in [-0.3, -0.25) is 4.90 Å². The summed E-state index contributed by atoms with van der Waals surface area (Å²) in [6, 6.07) is 6.34. The molecule has 1 aromatic carbocycles. The molecule has 122 valence electrons. The topological polar surface area (TPSA) is 36.5 Å². The third-order valence-electron chi connectivity index (χ3n) is 4.19. The molecule has 1 heterocycles. The van der Waals surface area contributed by atoms with E-state index in [1.165, 1.54) is 11.1 Å². The summed E-state index contributed by atoms with van der Waals surface area (Å²) in [4.78, 5) is 2.45. The predicted octanol–water partition coefficient (Wildman–Crippen LogP) is 2.70. The summed E-state index contributed by atoms with van der Waals surface area (Å²) >= 11 is 5.44. The molecule has 1 saturated heterocycles. The van der Waals surface area contributed by atoms with Crippen LogP contribution in [0.25, 0.3) is 0 Å². The lowest BCUT2D eigenvalue weighted by Crippen LogP contribution is -2.55. The standard InChI is InChI=1S/C17H27N3OS/c1-13-5-6-14(2)15(11-13)19-16(22)18-12-17(3,4)20-7-9-21-10-8-20/h5-6,11H,7-10,12H2,1-4H3,(H2,18,19,22). The summed E-state index contributed by atoms with van der Waals surface area (Å²) in [6.45, 7) is 13.0. The molecule has 1 fully saturated rings. The zero-order valence-electron chi connectivity index (χ0n) is 14.0. The van der Waals surface area contributed by atoms with Crippen LogP contribution in [0, 0.1) is 13.8 Å². The van der Waals surface area contributed by atoms with Gasteiger partial charge >= 0.3 is 0 Å². The summed E-state index contributed by atoms with van der Waals surface area (Å²) < 4.78 is 5.42. The molecular weight excluding hydrogens is 294 g/mol. The van der Waals surface area contributed by atoms with Crippen LogP contribution >= 0.6 is 12.2 Å². The molecule has 0 saturated carbocycles. The van der Waals surface area contributed by atoms with Crippen LogP contribution in [0.2, 0.25) is 0 Å². The molecule has 0 aliphatic carbocycles. The molecule has 1 aromatic rings. The van der Waals surface area contributed by atoms with E-state index in [1.54, 1.807) is 0 Å². The summed E-state index contributed by atoms with van der Waals surface area (Å²) in [5, 5.41) is 7.33. The summed E-state index contributed by atoms with van der Waals surface area (Å²) in [5.41, 5.74) is 3.55. The number of ether oxygens (including phenoxy) is 1. The number of thiocarbonyl (C=S) groups is 1. The lowest BCUT2D eigenvalue weighted by Gasteiger charge is -2.41. The van der Waals surface area contributed by atoms with Gasteiger partial charge in [0.25, 0.3) is 0 Å². The maximum atomic E-state index is 5.44. The van der Waals surface area contributed by atoms with Gasteiger partial charge in [0.05, 0.1) is 13.2 Å². The minimum Gasteiger partial charge on any atom is -0.379 e. The summed E-state index contributed by atoms with van der Waals surface area (Å²) in [6.07, 6.45) is 0. The number of hydrogen-bond acceptors (Lipinski definition) is 3. The van der Waals surface area contributed by atoms with E-state index in [9.17, 15) is 0 Å². The number of rotatable bonds is 4. The number of nitrogens with one attached hydrogen (secondary N) is 2. The van der Waals surface area contributed by atoms with Crippen molar-refractivity contribution < 1.29 is 4.74 Å². The normalized spacial score (nSPS) is 16.4. The molecule has 1 aliphatic heterocycles. The van der Waals surface area contributed by atoms with Crippen molar-refractivity contribution in [3.05, 3.63) is 29.3 Å². The first-order valence-electron chi connectivity index (χ1n) is 7.83. The fraction of sp³-hybridized carbons (Fsp3) is 0.588. The molecule has 0 radical (unpaired) electrons. The number of nitrogens with zero attached hydrogens (tertiary/aromatic N) is 1. The first-order chi connectivity index (χ1) is 10.4. The minimum absolute atomic E-state index is 0.0527. The Bertz CT molecular complexity index is 525. The molecule has 2 rings (SSSR count). The second-order valence-corrected chi connectivity index (χ2v) is 6.95. The molecule has 0 spiro atoms. The van der Waals surface area contributed by atoms with Crippen LogP contribution in [-0.4, -0.2) is 48.4 Å². The Labute approximate surface area is 139 Å². The SMILES string of the molecule is Cc1ccc(C)c(NC(=S)NCC(C)(C)N2CCOCC2)c1. The molecule has 0 bridgehead atoms. The summed E-state index contributed by atoms with van der Waals surface area (Å²) in [5.74, 6) is 0.